The van der Waals surface area contributed by atoms with Crippen LogP contribution in [0.2, 0.25) is 0 Å². The van der Waals surface area contributed by atoms with Gasteiger partial charge in [0.2, 0.25) is 0 Å². The van der Waals surface area contributed by atoms with E-state index in [9.17, 15) is 0 Å². The van der Waals surface area contributed by atoms with E-state index in [0.29, 0.717) is 6.54 Å². The minimum absolute atomic E-state index is 0.560. The van der Waals surface area contributed by atoms with Crippen LogP contribution in [0.4, 0.5) is 0 Å². The summed E-state index contributed by atoms with van der Waals surface area (Å²) in [6, 6.07) is 2.15. The van der Waals surface area contributed by atoms with Crippen molar-refractivity contribution in [2.45, 2.75) is 0 Å². The molecule has 1 rings (SSSR count). The molecule has 1 aliphatic heterocycles. The van der Waals surface area contributed by atoms with Crippen LogP contribution in [0.25, 0.3) is 0 Å². The third-order valence-corrected chi connectivity index (χ3v) is 1.96. The van der Waals surface area contributed by atoms with E-state index in [-0.39, 0.29) is 0 Å². The average molecular weight is 151 g/mol. The van der Waals surface area contributed by atoms with E-state index in [0.717, 1.165) is 26.2 Å². The third-order valence-electron chi connectivity index (χ3n) is 1.96. The minimum atomic E-state index is 0.560. The summed E-state index contributed by atoms with van der Waals surface area (Å²) in [5, 5.41) is 8.42. The third kappa shape index (κ3) is 2.24. The summed E-state index contributed by atoms with van der Waals surface area (Å²) < 4.78 is 0. The Labute approximate surface area is 67.5 Å². The zero-order valence-electron chi connectivity index (χ0n) is 6.66. The molecule has 1 aliphatic rings. The van der Waals surface area contributed by atoms with E-state index < -0.39 is 0 Å². The van der Waals surface area contributed by atoms with Gasteiger partial charge in [0.05, 0.1) is 12.6 Å². The van der Waals surface area contributed by atoms with Gasteiger partial charge in [0.25, 0.3) is 0 Å². The van der Waals surface area contributed by atoms with Gasteiger partial charge in [-0.15, -0.1) is 0 Å². The molecule has 1 saturated heterocycles. The SMILES string of the molecule is C=CN1CCN(CC#N)CC1. The van der Waals surface area contributed by atoms with Crippen LogP contribution in [0.1, 0.15) is 0 Å². The molecule has 1 fully saturated rings. The first-order chi connectivity index (χ1) is 5.36. The number of rotatable bonds is 2. The van der Waals surface area contributed by atoms with Crippen molar-refractivity contribution in [1.29, 1.82) is 5.26 Å². The highest BCUT2D eigenvalue weighted by Gasteiger charge is 2.12. The maximum Gasteiger partial charge on any atom is 0.0867 e. The average Bonchev–Trinajstić information content (AvgIpc) is 2.07. The van der Waals surface area contributed by atoms with Crippen LogP contribution in [0.3, 0.4) is 0 Å². The zero-order chi connectivity index (χ0) is 8.10. The molecule has 0 N–H and O–H groups in total. The van der Waals surface area contributed by atoms with Crippen molar-refractivity contribution in [3.63, 3.8) is 0 Å². The normalized spacial score (nSPS) is 19.4. The van der Waals surface area contributed by atoms with Crippen LogP contribution in [0.15, 0.2) is 12.8 Å². The zero-order valence-corrected chi connectivity index (χ0v) is 6.66. The standard InChI is InChI=1S/C8H13N3/c1-2-10-5-7-11(4-3-9)8-6-10/h2H,1,4-8H2. The summed E-state index contributed by atoms with van der Waals surface area (Å²) in [4.78, 5) is 4.33. The van der Waals surface area contributed by atoms with Gasteiger partial charge < -0.3 is 4.90 Å². The number of nitrogens with zero attached hydrogens (tertiary/aromatic N) is 3. The second-order valence-electron chi connectivity index (χ2n) is 2.65. The number of hydrogen-bond donors (Lipinski definition) is 0. The highest BCUT2D eigenvalue weighted by Crippen LogP contribution is 1.99. The van der Waals surface area contributed by atoms with Gasteiger partial charge in [0.15, 0.2) is 0 Å². The van der Waals surface area contributed by atoms with Crippen molar-refractivity contribution in [3.8, 4) is 6.07 Å². The molecule has 0 aromatic carbocycles. The largest absolute Gasteiger partial charge is 0.375 e. The number of hydrogen-bond acceptors (Lipinski definition) is 3. The van der Waals surface area contributed by atoms with Crippen LogP contribution in [-0.2, 0) is 0 Å². The fourth-order valence-electron chi connectivity index (χ4n) is 1.20. The van der Waals surface area contributed by atoms with E-state index in [1.807, 2.05) is 6.20 Å². The lowest BCUT2D eigenvalue weighted by Crippen LogP contribution is -2.43. The summed E-state index contributed by atoms with van der Waals surface area (Å²) in [6.45, 7) is 8.24. The Bertz CT molecular complexity index is 163. The van der Waals surface area contributed by atoms with Crippen molar-refractivity contribution in [3.05, 3.63) is 12.8 Å². The molecule has 3 nitrogen and oxygen atoms in total. The summed E-state index contributed by atoms with van der Waals surface area (Å²) >= 11 is 0. The topological polar surface area (TPSA) is 30.3 Å². The Morgan fingerprint density at radius 2 is 2.00 bits per heavy atom. The molecule has 0 bridgehead atoms. The maximum atomic E-state index is 8.42. The van der Waals surface area contributed by atoms with E-state index in [4.69, 9.17) is 5.26 Å². The first-order valence-corrected chi connectivity index (χ1v) is 3.82. The smallest absolute Gasteiger partial charge is 0.0867 e. The van der Waals surface area contributed by atoms with Gasteiger partial charge in [0, 0.05) is 26.2 Å². The van der Waals surface area contributed by atoms with Crippen molar-refractivity contribution < 1.29 is 0 Å². The predicted molar refractivity (Wildman–Crippen MR) is 43.8 cm³/mol. The van der Waals surface area contributed by atoms with Gasteiger partial charge in [-0.2, -0.15) is 5.26 Å². The van der Waals surface area contributed by atoms with Crippen molar-refractivity contribution in [2.24, 2.45) is 0 Å². The molecule has 0 radical (unpaired) electrons. The van der Waals surface area contributed by atoms with E-state index in [1.54, 1.807) is 0 Å². The number of piperazine rings is 1. The van der Waals surface area contributed by atoms with Crippen molar-refractivity contribution in [1.82, 2.24) is 9.80 Å². The van der Waals surface area contributed by atoms with E-state index in [1.165, 1.54) is 0 Å². The Kier molecular flexibility index (Phi) is 2.94. The molecule has 0 aromatic heterocycles. The van der Waals surface area contributed by atoms with Gasteiger partial charge in [-0.3, -0.25) is 4.90 Å². The van der Waals surface area contributed by atoms with Crippen LogP contribution in [0, 0.1) is 11.3 Å². The number of nitriles is 1. The lowest BCUT2D eigenvalue weighted by atomic mass is 10.3. The quantitative estimate of drug-likeness (QED) is 0.531. The lowest BCUT2D eigenvalue weighted by molar-refractivity contribution is 0.184. The Morgan fingerprint density at radius 1 is 1.36 bits per heavy atom. The van der Waals surface area contributed by atoms with Crippen molar-refractivity contribution in [2.75, 3.05) is 32.7 Å². The minimum Gasteiger partial charge on any atom is -0.375 e. The van der Waals surface area contributed by atoms with Crippen LogP contribution < -0.4 is 0 Å². The Hall–Kier alpha value is -1.01. The monoisotopic (exact) mass is 151 g/mol. The maximum absolute atomic E-state index is 8.42. The highest BCUT2D eigenvalue weighted by molar-refractivity contribution is 4.83. The molecule has 0 amide bonds. The molecule has 0 unspecified atom stereocenters. The Morgan fingerprint density at radius 3 is 2.45 bits per heavy atom. The molecule has 1 heterocycles. The summed E-state index contributed by atoms with van der Waals surface area (Å²) in [6.07, 6.45) is 1.86. The highest BCUT2D eigenvalue weighted by atomic mass is 15.2. The molecule has 0 saturated carbocycles. The van der Waals surface area contributed by atoms with Gasteiger partial charge in [-0.25, -0.2) is 0 Å². The molecule has 3 heteroatoms. The fourth-order valence-corrected chi connectivity index (χ4v) is 1.20. The molecule has 0 atom stereocenters. The van der Waals surface area contributed by atoms with E-state index >= 15 is 0 Å². The first-order valence-electron chi connectivity index (χ1n) is 3.82. The molecular weight excluding hydrogens is 138 g/mol. The van der Waals surface area contributed by atoms with Gasteiger partial charge in [0.1, 0.15) is 0 Å². The summed E-state index contributed by atoms with van der Waals surface area (Å²) in [7, 11) is 0. The first kappa shape index (κ1) is 8.09. The predicted octanol–water partition coefficient (Wildman–Crippen LogP) is 0.271. The molecule has 0 aliphatic carbocycles. The molecular formula is C8H13N3. The van der Waals surface area contributed by atoms with Crippen molar-refractivity contribution >= 4 is 0 Å². The Balaban J connectivity index is 2.25. The second-order valence-corrected chi connectivity index (χ2v) is 2.65. The summed E-state index contributed by atoms with van der Waals surface area (Å²) in [5.41, 5.74) is 0. The molecule has 11 heavy (non-hydrogen) atoms. The second kappa shape index (κ2) is 3.99. The lowest BCUT2D eigenvalue weighted by Gasteiger charge is -2.32. The summed E-state index contributed by atoms with van der Waals surface area (Å²) in [5.74, 6) is 0. The van der Waals surface area contributed by atoms with Crippen LogP contribution in [-0.4, -0.2) is 42.5 Å². The van der Waals surface area contributed by atoms with Crippen LogP contribution >= 0.6 is 0 Å². The van der Waals surface area contributed by atoms with E-state index in [2.05, 4.69) is 22.4 Å². The van der Waals surface area contributed by atoms with Gasteiger partial charge in [-0.05, 0) is 6.20 Å². The molecule has 60 valence electrons. The van der Waals surface area contributed by atoms with Gasteiger partial charge >= 0.3 is 0 Å². The molecule has 0 spiro atoms. The molecule has 0 aromatic rings. The van der Waals surface area contributed by atoms with Crippen LogP contribution in [0.5, 0.6) is 0 Å². The van der Waals surface area contributed by atoms with Gasteiger partial charge in [-0.1, -0.05) is 6.58 Å². The fraction of sp³-hybridized carbons (Fsp3) is 0.625.